The van der Waals surface area contributed by atoms with E-state index in [1.165, 1.54) is 18.2 Å². The minimum atomic E-state index is -0.645. The van der Waals surface area contributed by atoms with Crippen LogP contribution in [0, 0.1) is 11.7 Å². The molecule has 0 aromatic heterocycles. The zero-order chi connectivity index (χ0) is 17.0. The van der Waals surface area contributed by atoms with Gasteiger partial charge in [-0.2, -0.15) is 0 Å². The molecule has 23 heavy (non-hydrogen) atoms. The van der Waals surface area contributed by atoms with Crippen LogP contribution in [0.4, 0.5) is 10.1 Å². The van der Waals surface area contributed by atoms with Crippen molar-refractivity contribution in [1.82, 2.24) is 0 Å². The van der Waals surface area contributed by atoms with E-state index in [2.05, 4.69) is 5.32 Å². The Hall–Kier alpha value is -2.40. The van der Waals surface area contributed by atoms with Gasteiger partial charge in [0, 0.05) is 22.7 Å². The fourth-order valence-corrected chi connectivity index (χ4v) is 1.94. The lowest BCUT2D eigenvalue weighted by atomic mass is 10.1. The van der Waals surface area contributed by atoms with Crippen LogP contribution in [0.2, 0.25) is 5.02 Å². The smallest absolute Gasteiger partial charge is 0.343 e. The molecule has 2 aromatic rings. The molecule has 2 aromatic carbocycles. The third-order valence-electron chi connectivity index (χ3n) is 2.96. The molecule has 1 N–H and O–H groups in total. The lowest BCUT2D eigenvalue weighted by Crippen LogP contribution is -2.17. The fourth-order valence-electron chi connectivity index (χ4n) is 1.73. The molecular weight excluding hydrogens is 321 g/mol. The van der Waals surface area contributed by atoms with Crippen molar-refractivity contribution < 1.29 is 18.7 Å². The molecular formula is C17H15ClFNO3. The van der Waals surface area contributed by atoms with Gasteiger partial charge in [-0.05, 0) is 36.4 Å². The van der Waals surface area contributed by atoms with Gasteiger partial charge in [-0.1, -0.05) is 25.4 Å². The van der Waals surface area contributed by atoms with Crippen LogP contribution >= 0.6 is 11.6 Å². The van der Waals surface area contributed by atoms with Gasteiger partial charge >= 0.3 is 5.97 Å². The predicted molar refractivity (Wildman–Crippen MR) is 86.3 cm³/mol. The molecule has 0 aliphatic heterocycles. The van der Waals surface area contributed by atoms with Crippen LogP contribution in [0.15, 0.2) is 42.5 Å². The van der Waals surface area contributed by atoms with Crippen molar-refractivity contribution >= 4 is 29.2 Å². The van der Waals surface area contributed by atoms with E-state index in [4.69, 9.17) is 16.3 Å². The first-order valence-corrected chi connectivity index (χ1v) is 7.32. The number of rotatable bonds is 4. The summed E-state index contributed by atoms with van der Waals surface area (Å²) in [5.74, 6) is -1.47. The summed E-state index contributed by atoms with van der Waals surface area (Å²) in [4.78, 5) is 23.6. The number of amides is 1. The van der Waals surface area contributed by atoms with E-state index in [-0.39, 0.29) is 28.2 Å². The van der Waals surface area contributed by atoms with Gasteiger partial charge in [-0.25, -0.2) is 9.18 Å². The number of anilines is 1. The first kappa shape index (κ1) is 17.0. The Morgan fingerprint density at radius 2 is 1.78 bits per heavy atom. The molecule has 0 bridgehead atoms. The molecule has 0 unspecified atom stereocenters. The van der Waals surface area contributed by atoms with E-state index in [1.54, 1.807) is 26.0 Å². The van der Waals surface area contributed by atoms with Gasteiger partial charge in [0.1, 0.15) is 11.6 Å². The zero-order valence-electron chi connectivity index (χ0n) is 12.6. The highest BCUT2D eigenvalue weighted by molar-refractivity contribution is 6.30. The second-order valence-electron chi connectivity index (χ2n) is 5.22. The second-order valence-corrected chi connectivity index (χ2v) is 5.65. The quantitative estimate of drug-likeness (QED) is 0.669. The Morgan fingerprint density at radius 3 is 2.35 bits per heavy atom. The van der Waals surface area contributed by atoms with Crippen LogP contribution in [-0.2, 0) is 4.79 Å². The second kappa shape index (κ2) is 7.24. The maximum absolute atomic E-state index is 13.2. The average molecular weight is 336 g/mol. The Bertz CT molecular complexity index is 709. The van der Waals surface area contributed by atoms with Crippen molar-refractivity contribution in [1.29, 1.82) is 0 Å². The van der Waals surface area contributed by atoms with Crippen molar-refractivity contribution in [2.45, 2.75) is 13.8 Å². The van der Waals surface area contributed by atoms with Gasteiger partial charge in [0.05, 0.1) is 5.56 Å². The van der Waals surface area contributed by atoms with Gasteiger partial charge in [0.2, 0.25) is 5.91 Å². The molecule has 0 aliphatic rings. The molecule has 0 aliphatic carbocycles. The van der Waals surface area contributed by atoms with Crippen molar-refractivity contribution in [3.05, 3.63) is 58.9 Å². The normalized spacial score (nSPS) is 10.5. The maximum Gasteiger partial charge on any atom is 0.343 e. The third kappa shape index (κ3) is 4.79. The van der Waals surface area contributed by atoms with Crippen molar-refractivity contribution in [3.8, 4) is 5.75 Å². The lowest BCUT2D eigenvalue weighted by Gasteiger charge is -2.09. The topological polar surface area (TPSA) is 55.4 Å². The number of carbonyl (C=O) groups excluding carboxylic acids is 2. The van der Waals surface area contributed by atoms with Gasteiger partial charge in [0.15, 0.2) is 0 Å². The molecule has 4 nitrogen and oxygen atoms in total. The summed E-state index contributed by atoms with van der Waals surface area (Å²) in [5, 5.41) is 2.85. The van der Waals surface area contributed by atoms with Crippen LogP contribution in [0.25, 0.3) is 0 Å². The predicted octanol–water partition coefficient (Wildman–Crippen LogP) is 4.29. The number of halogens is 2. The SMILES string of the molecule is CC(C)C(=O)Nc1ccc(C(=O)Oc2cc(F)cc(Cl)c2)cc1. The van der Waals surface area contributed by atoms with E-state index >= 15 is 0 Å². The van der Waals surface area contributed by atoms with Gasteiger partial charge < -0.3 is 10.1 Å². The van der Waals surface area contributed by atoms with Crippen LogP contribution < -0.4 is 10.1 Å². The third-order valence-corrected chi connectivity index (χ3v) is 3.18. The monoisotopic (exact) mass is 335 g/mol. The highest BCUT2D eigenvalue weighted by Crippen LogP contribution is 2.21. The summed E-state index contributed by atoms with van der Waals surface area (Å²) in [6, 6.07) is 9.75. The van der Waals surface area contributed by atoms with Gasteiger partial charge in [0.25, 0.3) is 0 Å². The summed E-state index contributed by atoms with van der Waals surface area (Å²) < 4.78 is 18.3. The molecule has 0 saturated carbocycles. The van der Waals surface area contributed by atoms with E-state index < -0.39 is 11.8 Å². The highest BCUT2D eigenvalue weighted by Gasteiger charge is 2.11. The molecule has 2 rings (SSSR count). The van der Waals surface area contributed by atoms with Crippen molar-refractivity contribution in [2.75, 3.05) is 5.32 Å². The minimum Gasteiger partial charge on any atom is -0.423 e. The van der Waals surface area contributed by atoms with Crippen LogP contribution in [0.1, 0.15) is 24.2 Å². The number of ether oxygens (including phenoxy) is 1. The van der Waals surface area contributed by atoms with Crippen molar-refractivity contribution in [3.63, 3.8) is 0 Å². The Kier molecular flexibility index (Phi) is 5.34. The standard InChI is InChI=1S/C17H15ClFNO3/c1-10(2)16(21)20-14-5-3-11(4-6-14)17(22)23-15-8-12(18)7-13(19)9-15/h3-10H,1-2H3,(H,20,21). The summed E-state index contributed by atoms with van der Waals surface area (Å²) in [7, 11) is 0. The number of benzene rings is 2. The van der Waals surface area contributed by atoms with Gasteiger partial charge in [-0.15, -0.1) is 0 Å². The molecule has 0 atom stereocenters. The number of hydrogen-bond donors (Lipinski definition) is 1. The number of esters is 1. The average Bonchev–Trinajstić information content (AvgIpc) is 2.46. The summed E-state index contributed by atoms with van der Waals surface area (Å²) in [6.45, 7) is 3.57. The number of nitrogens with one attached hydrogen (secondary N) is 1. The Morgan fingerprint density at radius 1 is 1.13 bits per heavy atom. The largest absolute Gasteiger partial charge is 0.423 e. The molecule has 0 fully saturated rings. The molecule has 0 spiro atoms. The van der Waals surface area contributed by atoms with E-state index in [0.29, 0.717) is 5.69 Å². The number of carbonyl (C=O) groups is 2. The first-order valence-electron chi connectivity index (χ1n) is 6.94. The Labute approximate surface area is 138 Å². The van der Waals surface area contributed by atoms with Crippen LogP contribution in [0.5, 0.6) is 5.75 Å². The molecule has 0 radical (unpaired) electrons. The summed E-state index contributed by atoms with van der Waals surface area (Å²) in [5.41, 5.74) is 0.849. The highest BCUT2D eigenvalue weighted by atomic mass is 35.5. The van der Waals surface area contributed by atoms with E-state index in [0.717, 1.165) is 12.1 Å². The summed E-state index contributed by atoms with van der Waals surface area (Å²) >= 11 is 5.70. The Balaban J connectivity index is 2.06. The van der Waals surface area contributed by atoms with E-state index in [9.17, 15) is 14.0 Å². The van der Waals surface area contributed by atoms with Gasteiger partial charge in [-0.3, -0.25) is 4.79 Å². The van der Waals surface area contributed by atoms with E-state index in [1.807, 2.05) is 0 Å². The first-order chi connectivity index (χ1) is 10.8. The lowest BCUT2D eigenvalue weighted by molar-refractivity contribution is -0.118. The van der Waals surface area contributed by atoms with Crippen LogP contribution in [0.3, 0.4) is 0 Å². The maximum atomic E-state index is 13.2. The molecule has 0 heterocycles. The molecule has 6 heteroatoms. The van der Waals surface area contributed by atoms with Crippen molar-refractivity contribution in [2.24, 2.45) is 5.92 Å². The fraction of sp³-hybridized carbons (Fsp3) is 0.176. The molecule has 1 amide bonds. The number of hydrogen-bond acceptors (Lipinski definition) is 3. The zero-order valence-corrected chi connectivity index (χ0v) is 13.4. The van der Waals surface area contributed by atoms with Crippen LogP contribution in [-0.4, -0.2) is 11.9 Å². The molecule has 0 saturated heterocycles. The molecule has 120 valence electrons. The minimum absolute atomic E-state index is 0.0252. The summed E-state index contributed by atoms with van der Waals surface area (Å²) in [6.07, 6.45) is 0.